The Hall–Kier alpha value is -1.84. The van der Waals surface area contributed by atoms with E-state index in [4.69, 9.17) is 0 Å². The van der Waals surface area contributed by atoms with Gasteiger partial charge in [0.2, 0.25) is 11.8 Å². The topological polar surface area (TPSA) is 49.4 Å². The molecule has 0 aromatic heterocycles. The number of carbonyl (C=O) groups excluding carboxylic acids is 2. The van der Waals surface area contributed by atoms with Gasteiger partial charge in [0.15, 0.2) is 0 Å². The molecule has 0 saturated carbocycles. The maximum Gasteiger partial charge on any atom is 0.243 e. The normalized spacial score (nSPS) is 16.2. The molecule has 0 spiro atoms. The predicted octanol–water partition coefficient (Wildman–Crippen LogP) is 2.98. The molecular weight excluding hydrogens is 264 g/mol. The summed E-state index contributed by atoms with van der Waals surface area (Å²) >= 11 is 0. The first-order valence-electron chi connectivity index (χ1n) is 7.85. The minimum absolute atomic E-state index is 0.103. The van der Waals surface area contributed by atoms with E-state index < -0.39 is 0 Å². The number of aryl methyl sites for hydroxylation is 1. The van der Waals surface area contributed by atoms with Crippen molar-refractivity contribution in [1.82, 2.24) is 4.90 Å². The molecule has 1 saturated heterocycles. The van der Waals surface area contributed by atoms with Gasteiger partial charge in [0.1, 0.15) is 0 Å². The maximum atomic E-state index is 12.1. The second kappa shape index (κ2) is 7.81. The van der Waals surface area contributed by atoms with Gasteiger partial charge in [0.25, 0.3) is 0 Å². The van der Waals surface area contributed by atoms with Crippen LogP contribution in [0.2, 0.25) is 0 Å². The largest absolute Gasteiger partial charge is 0.333 e. The Bertz CT molecular complexity index is 482. The Labute approximate surface area is 126 Å². The van der Waals surface area contributed by atoms with Crippen molar-refractivity contribution in [1.29, 1.82) is 0 Å². The lowest BCUT2D eigenvalue weighted by molar-refractivity contribution is -0.135. The van der Waals surface area contributed by atoms with Crippen molar-refractivity contribution in [2.45, 2.75) is 45.4 Å². The summed E-state index contributed by atoms with van der Waals surface area (Å²) in [6.45, 7) is 2.95. The van der Waals surface area contributed by atoms with E-state index in [2.05, 4.69) is 12.2 Å². The van der Waals surface area contributed by atoms with Crippen LogP contribution in [0.15, 0.2) is 24.3 Å². The fraction of sp³-hybridized carbons (Fsp3) is 0.529. The van der Waals surface area contributed by atoms with Gasteiger partial charge in [0.05, 0.1) is 6.54 Å². The number of hydrogen-bond donors (Lipinski definition) is 1. The standard InChI is InChI=1S/C17H24N2O2/c1-2-14-8-10-15(11-9-14)18-16(20)13-19-12-6-4-3-5-7-17(19)21/h8-11H,2-7,12-13H2,1H3,(H,18,20). The van der Waals surface area contributed by atoms with Crippen LogP contribution in [0.1, 0.15) is 44.6 Å². The molecule has 1 aromatic carbocycles. The third kappa shape index (κ3) is 4.88. The number of nitrogens with zero attached hydrogens (tertiary/aromatic N) is 1. The zero-order chi connectivity index (χ0) is 15.1. The van der Waals surface area contributed by atoms with Gasteiger partial charge in [-0.1, -0.05) is 31.9 Å². The maximum absolute atomic E-state index is 12.1. The van der Waals surface area contributed by atoms with Gasteiger partial charge in [-0.2, -0.15) is 0 Å². The summed E-state index contributed by atoms with van der Waals surface area (Å²) in [5.41, 5.74) is 2.03. The van der Waals surface area contributed by atoms with E-state index in [9.17, 15) is 9.59 Å². The van der Waals surface area contributed by atoms with Gasteiger partial charge in [0, 0.05) is 18.7 Å². The number of likely N-dealkylation sites (tertiary alicyclic amines) is 1. The monoisotopic (exact) mass is 288 g/mol. The first-order chi connectivity index (χ1) is 10.2. The highest BCUT2D eigenvalue weighted by atomic mass is 16.2. The molecule has 1 fully saturated rings. The summed E-state index contributed by atoms with van der Waals surface area (Å²) < 4.78 is 0. The highest BCUT2D eigenvalue weighted by Crippen LogP contribution is 2.13. The molecule has 114 valence electrons. The molecule has 4 nitrogen and oxygen atoms in total. The summed E-state index contributed by atoms with van der Waals surface area (Å²) in [7, 11) is 0. The summed E-state index contributed by atoms with van der Waals surface area (Å²) in [6.07, 6.45) is 5.74. The van der Waals surface area contributed by atoms with E-state index in [1.54, 1.807) is 4.90 Å². The predicted molar refractivity (Wildman–Crippen MR) is 84.1 cm³/mol. The summed E-state index contributed by atoms with van der Waals surface area (Å²) in [5, 5.41) is 2.86. The van der Waals surface area contributed by atoms with Crippen molar-refractivity contribution in [2.24, 2.45) is 0 Å². The van der Waals surface area contributed by atoms with Gasteiger partial charge in [-0.3, -0.25) is 9.59 Å². The molecule has 0 atom stereocenters. The van der Waals surface area contributed by atoms with E-state index in [1.165, 1.54) is 5.56 Å². The molecule has 0 radical (unpaired) electrons. The first kappa shape index (κ1) is 15.5. The number of carbonyl (C=O) groups is 2. The molecule has 4 heteroatoms. The molecule has 0 aliphatic carbocycles. The van der Waals surface area contributed by atoms with E-state index in [0.717, 1.165) is 37.8 Å². The van der Waals surface area contributed by atoms with Crippen LogP contribution in [0, 0.1) is 0 Å². The number of amides is 2. The molecule has 21 heavy (non-hydrogen) atoms. The number of nitrogens with one attached hydrogen (secondary N) is 1. The van der Waals surface area contributed by atoms with Crippen LogP contribution in [0.3, 0.4) is 0 Å². The van der Waals surface area contributed by atoms with E-state index >= 15 is 0 Å². The second-order valence-corrected chi connectivity index (χ2v) is 5.58. The Morgan fingerprint density at radius 1 is 1.14 bits per heavy atom. The van der Waals surface area contributed by atoms with Crippen molar-refractivity contribution in [3.05, 3.63) is 29.8 Å². The Morgan fingerprint density at radius 2 is 1.86 bits per heavy atom. The summed E-state index contributed by atoms with van der Waals surface area (Å²) in [6, 6.07) is 7.84. The van der Waals surface area contributed by atoms with Crippen molar-refractivity contribution >= 4 is 17.5 Å². The summed E-state index contributed by atoms with van der Waals surface area (Å²) in [4.78, 5) is 25.7. The summed E-state index contributed by atoms with van der Waals surface area (Å²) in [5.74, 6) is -0.0145. The van der Waals surface area contributed by atoms with Gasteiger partial charge in [-0.15, -0.1) is 0 Å². The zero-order valence-electron chi connectivity index (χ0n) is 12.7. The van der Waals surface area contributed by atoms with Crippen LogP contribution in [-0.4, -0.2) is 29.8 Å². The quantitative estimate of drug-likeness (QED) is 0.926. The smallest absolute Gasteiger partial charge is 0.243 e. The van der Waals surface area contributed by atoms with E-state index in [0.29, 0.717) is 13.0 Å². The molecule has 1 aliphatic heterocycles. The molecule has 1 N–H and O–H groups in total. The molecule has 1 heterocycles. The fourth-order valence-electron chi connectivity index (χ4n) is 2.58. The molecule has 1 aliphatic rings. The van der Waals surface area contributed by atoms with E-state index in [-0.39, 0.29) is 18.4 Å². The highest BCUT2D eigenvalue weighted by molar-refractivity contribution is 5.94. The lowest BCUT2D eigenvalue weighted by Crippen LogP contribution is -2.39. The molecule has 1 aromatic rings. The van der Waals surface area contributed by atoms with Crippen molar-refractivity contribution in [3.63, 3.8) is 0 Å². The first-order valence-corrected chi connectivity index (χ1v) is 7.85. The third-order valence-electron chi connectivity index (χ3n) is 3.90. The average molecular weight is 288 g/mol. The lowest BCUT2D eigenvalue weighted by atomic mass is 10.1. The lowest BCUT2D eigenvalue weighted by Gasteiger charge is -2.24. The fourth-order valence-corrected chi connectivity index (χ4v) is 2.58. The van der Waals surface area contributed by atoms with E-state index in [1.807, 2.05) is 24.3 Å². The number of rotatable bonds is 4. The van der Waals surface area contributed by atoms with Crippen LogP contribution in [0.25, 0.3) is 0 Å². The SMILES string of the molecule is CCc1ccc(NC(=O)CN2CCCCCCC2=O)cc1. The highest BCUT2D eigenvalue weighted by Gasteiger charge is 2.18. The van der Waals surface area contributed by atoms with Gasteiger partial charge < -0.3 is 10.2 Å². The number of anilines is 1. The van der Waals surface area contributed by atoms with Crippen LogP contribution in [-0.2, 0) is 16.0 Å². The van der Waals surface area contributed by atoms with Crippen LogP contribution in [0.4, 0.5) is 5.69 Å². The molecule has 0 bridgehead atoms. The minimum atomic E-state index is -0.117. The molecular formula is C17H24N2O2. The van der Waals surface area contributed by atoms with Crippen LogP contribution >= 0.6 is 0 Å². The minimum Gasteiger partial charge on any atom is -0.333 e. The number of benzene rings is 1. The van der Waals surface area contributed by atoms with Gasteiger partial charge in [-0.05, 0) is 37.0 Å². The zero-order valence-corrected chi connectivity index (χ0v) is 12.7. The van der Waals surface area contributed by atoms with Crippen molar-refractivity contribution in [3.8, 4) is 0 Å². The second-order valence-electron chi connectivity index (χ2n) is 5.58. The Kier molecular flexibility index (Phi) is 5.78. The van der Waals surface area contributed by atoms with Gasteiger partial charge in [-0.25, -0.2) is 0 Å². The average Bonchev–Trinajstić information content (AvgIpc) is 2.48. The van der Waals surface area contributed by atoms with Crippen LogP contribution < -0.4 is 5.32 Å². The molecule has 2 amide bonds. The molecule has 0 unspecified atom stereocenters. The van der Waals surface area contributed by atoms with Crippen molar-refractivity contribution < 1.29 is 9.59 Å². The molecule has 2 rings (SSSR count). The van der Waals surface area contributed by atoms with Crippen molar-refractivity contribution in [2.75, 3.05) is 18.4 Å². The van der Waals surface area contributed by atoms with Gasteiger partial charge >= 0.3 is 0 Å². The third-order valence-corrected chi connectivity index (χ3v) is 3.90. The Morgan fingerprint density at radius 3 is 2.57 bits per heavy atom. The van der Waals surface area contributed by atoms with Crippen LogP contribution in [0.5, 0.6) is 0 Å². The number of hydrogen-bond acceptors (Lipinski definition) is 2. The Balaban J connectivity index is 1.88.